The van der Waals surface area contributed by atoms with E-state index in [1.165, 1.54) is 6.07 Å². The minimum absolute atomic E-state index is 0.201. The molecule has 9 heteroatoms. The second-order valence-electron chi connectivity index (χ2n) is 4.03. The van der Waals surface area contributed by atoms with Crippen molar-refractivity contribution in [3.05, 3.63) is 22.7 Å². The molecule has 19 heavy (non-hydrogen) atoms. The number of hydrogen-bond donors (Lipinski definition) is 1. The van der Waals surface area contributed by atoms with Gasteiger partial charge in [0.05, 0.1) is 0 Å². The smallest absolute Gasteiger partial charge is 0.404 e. The van der Waals surface area contributed by atoms with Gasteiger partial charge in [-0.3, -0.25) is 0 Å². The molecule has 0 spiro atoms. The van der Waals surface area contributed by atoms with Crippen molar-refractivity contribution in [1.29, 1.82) is 0 Å². The molecule has 0 amide bonds. The van der Waals surface area contributed by atoms with Crippen LogP contribution in [-0.2, 0) is 10.0 Å². The summed E-state index contributed by atoms with van der Waals surface area (Å²) in [5.41, 5.74) is 0. The zero-order valence-corrected chi connectivity index (χ0v) is 11.8. The number of nitrogens with one attached hydrogen (secondary N) is 1. The molecule has 0 heterocycles. The number of sulfonamides is 1. The molecular weight excluding hydrogens is 351 g/mol. The molecule has 1 fully saturated rings. The maximum absolute atomic E-state index is 12.3. The highest BCUT2D eigenvalue weighted by Crippen LogP contribution is 2.33. The Bertz CT molecular complexity index is 584. The first-order valence-corrected chi connectivity index (χ1v) is 7.53. The van der Waals surface area contributed by atoms with E-state index >= 15 is 0 Å². The van der Waals surface area contributed by atoms with E-state index in [4.69, 9.17) is 0 Å². The van der Waals surface area contributed by atoms with E-state index in [-0.39, 0.29) is 10.5 Å². The quantitative estimate of drug-likeness (QED) is 0.899. The van der Waals surface area contributed by atoms with E-state index in [9.17, 15) is 21.6 Å². The highest BCUT2D eigenvalue weighted by atomic mass is 79.9. The minimum atomic E-state index is -4.95. The first-order valence-electron chi connectivity index (χ1n) is 5.25. The largest absolute Gasteiger partial charge is 0.573 e. The van der Waals surface area contributed by atoms with Crippen molar-refractivity contribution in [3.63, 3.8) is 0 Å². The zero-order valence-electron chi connectivity index (χ0n) is 9.37. The van der Waals surface area contributed by atoms with Gasteiger partial charge in [-0.05, 0) is 31.0 Å². The number of rotatable bonds is 4. The molecule has 4 nitrogen and oxygen atoms in total. The summed E-state index contributed by atoms with van der Waals surface area (Å²) in [5, 5.41) is 0. The number of alkyl halides is 3. The van der Waals surface area contributed by atoms with Crippen molar-refractivity contribution in [2.75, 3.05) is 0 Å². The molecule has 1 aromatic carbocycles. The third-order valence-corrected chi connectivity index (χ3v) is 4.37. The van der Waals surface area contributed by atoms with Gasteiger partial charge in [-0.15, -0.1) is 13.2 Å². The van der Waals surface area contributed by atoms with Gasteiger partial charge in [-0.1, -0.05) is 15.9 Å². The Balaban J connectivity index is 2.38. The van der Waals surface area contributed by atoms with E-state index in [1.54, 1.807) is 0 Å². The minimum Gasteiger partial charge on any atom is -0.404 e. The Morgan fingerprint density at radius 1 is 1.32 bits per heavy atom. The molecule has 0 radical (unpaired) electrons. The average Bonchev–Trinajstić information content (AvgIpc) is 2.97. The highest BCUT2D eigenvalue weighted by molar-refractivity contribution is 9.10. The summed E-state index contributed by atoms with van der Waals surface area (Å²) in [5.74, 6) is -0.755. The fourth-order valence-corrected chi connectivity index (χ4v) is 3.15. The van der Waals surface area contributed by atoms with Gasteiger partial charge in [0.1, 0.15) is 4.90 Å². The Hall–Kier alpha value is -0.800. The third kappa shape index (κ3) is 4.08. The number of ether oxygens (including phenoxy) is 1. The van der Waals surface area contributed by atoms with Gasteiger partial charge in [0.2, 0.25) is 10.0 Å². The van der Waals surface area contributed by atoms with Gasteiger partial charge in [0, 0.05) is 10.5 Å². The summed E-state index contributed by atoms with van der Waals surface area (Å²) in [6.45, 7) is 0. The summed E-state index contributed by atoms with van der Waals surface area (Å²) < 4.78 is 67.0. The Morgan fingerprint density at radius 2 is 1.95 bits per heavy atom. The van der Waals surface area contributed by atoms with E-state index in [1.807, 2.05) is 0 Å². The molecule has 1 aromatic rings. The Kier molecular flexibility index (Phi) is 3.80. The molecule has 0 atom stereocenters. The topological polar surface area (TPSA) is 55.4 Å². The molecule has 1 saturated carbocycles. The first kappa shape index (κ1) is 14.6. The second kappa shape index (κ2) is 4.95. The molecule has 106 valence electrons. The maximum atomic E-state index is 12.3. The Morgan fingerprint density at radius 3 is 2.47 bits per heavy atom. The van der Waals surface area contributed by atoms with Crippen molar-refractivity contribution in [2.24, 2.45) is 0 Å². The molecule has 2 rings (SSSR count). The van der Waals surface area contributed by atoms with E-state index in [0.717, 1.165) is 12.1 Å². The van der Waals surface area contributed by atoms with Crippen molar-refractivity contribution in [2.45, 2.75) is 30.1 Å². The van der Waals surface area contributed by atoms with Crippen LogP contribution in [0.4, 0.5) is 13.2 Å². The van der Waals surface area contributed by atoms with Crippen molar-refractivity contribution in [1.82, 2.24) is 4.72 Å². The lowest BCUT2D eigenvalue weighted by Gasteiger charge is -2.14. The van der Waals surface area contributed by atoms with Gasteiger partial charge in [0.25, 0.3) is 0 Å². The van der Waals surface area contributed by atoms with Gasteiger partial charge in [0.15, 0.2) is 5.75 Å². The van der Waals surface area contributed by atoms with Gasteiger partial charge in [-0.25, -0.2) is 13.1 Å². The molecule has 1 aliphatic carbocycles. The molecule has 1 N–H and O–H groups in total. The van der Waals surface area contributed by atoms with Gasteiger partial charge < -0.3 is 4.74 Å². The average molecular weight is 360 g/mol. The van der Waals surface area contributed by atoms with Crippen LogP contribution in [0.5, 0.6) is 5.75 Å². The lowest BCUT2D eigenvalue weighted by molar-refractivity contribution is -0.275. The van der Waals surface area contributed by atoms with Crippen LogP contribution < -0.4 is 9.46 Å². The van der Waals surface area contributed by atoms with Crippen LogP contribution in [0.1, 0.15) is 12.8 Å². The Labute approximate surface area is 116 Å². The normalized spacial score (nSPS) is 16.4. The fourth-order valence-electron chi connectivity index (χ4n) is 1.39. The highest BCUT2D eigenvalue weighted by Gasteiger charge is 2.35. The van der Waals surface area contributed by atoms with Crippen LogP contribution in [0, 0.1) is 0 Å². The van der Waals surface area contributed by atoms with Gasteiger partial charge >= 0.3 is 6.36 Å². The molecule has 0 unspecified atom stereocenters. The van der Waals surface area contributed by atoms with Crippen LogP contribution in [0.25, 0.3) is 0 Å². The second-order valence-corrected chi connectivity index (χ2v) is 6.63. The lowest BCUT2D eigenvalue weighted by atomic mass is 10.3. The fraction of sp³-hybridized carbons (Fsp3) is 0.400. The monoisotopic (exact) mass is 359 g/mol. The third-order valence-electron chi connectivity index (χ3n) is 2.32. The van der Waals surface area contributed by atoms with Crippen LogP contribution in [0.3, 0.4) is 0 Å². The van der Waals surface area contributed by atoms with Crippen LogP contribution >= 0.6 is 15.9 Å². The van der Waals surface area contributed by atoms with E-state index in [0.29, 0.717) is 12.8 Å². The van der Waals surface area contributed by atoms with Gasteiger partial charge in [-0.2, -0.15) is 0 Å². The molecule has 0 aromatic heterocycles. The number of hydrogen-bond acceptors (Lipinski definition) is 3. The summed E-state index contributed by atoms with van der Waals surface area (Å²) >= 11 is 2.97. The lowest BCUT2D eigenvalue weighted by Crippen LogP contribution is -2.27. The maximum Gasteiger partial charge on any atom is 0.573 e. The van der Waals surface area contributed by atoms with Crippen LogP contribution in [-0.4, -0.2) is 20.8 Å². The molecule has 1 aliphatic rings. The summed E-state index contributed by atoms with van der Waals surface area (Å²) in [7, 11) is -4.01. The van der Waals surface area contributed by atoms with Crippen LogP contribution in [0.15, 0.2) is 27.6 Å². The van der Waals surface area contributed by atoms with Crippen molar-refractivity contribution < 1.29 is 26.3 Å². The molecule has 0 bridgehead atoms. The summed E-state index contributed by atoms with van der Waals surface area (Å²) in [6, 6.07) is 3.17. The predicted octanol–water partition coefficient (Wildman–Crippen LogP) is 2.79. The predicted molar refractivity (Wildman–Crippen MR) is 64.2 cm³/mol. The SMILES string of the molecule is O=S(=O)(NC1CC1)c1ccc(Br)cc1OC(F)(F)F. The number of benzene rings is 1. The summed E-state index contributed by atoms with van der Waals surface area (Å²) in [4.78, 5) is -0.528. The zero-order chi connectivity index (χ0) is 14.3. The van der Waals surface area contributed by atoms with E-state index in [2.05, 4.69) is 25.4 Å². The molecular formula is C10H9BrF3NO3S. The number of halogens is 4. The molecule has 0 aliphatic heterocycles. The van der Waals surface area contributed by atoms with Crippen molar-refractivity contribution in [3.8, 4) is 5.75 Å². The van der Waals surface area contributed by atoms with Crippen molar-refractivity contribution >= 4 is 26.0 Å². The standard InChI is InChI=1S/C10H9BrF3NO3S/c11-6-1-4-9(8(5-6)18-10(12,13)14)19(16,17)15-7-2-3-7/h1,4-5,7,15H,2-3H2. The van der Waals surface area contributed by atoms with Crippen LogP contribution in [0.2, 0.25) is 0 Å². The van der Waals surface area contributed by atoms with E-state index < -0.39 is 27.0 Å². The first-order chi connectivity index (χ1) is 8.67. The molecule has 0 saturated heterocycles. The summed E-state index contributed by atoms with van der Waals surface area (Å²) in [6.07, 6.45) is -3.58.